The normalized spacial score (nSPS) is 18.7. The Balaban J connectivity index is 1.99. The summed E-state index contributed by atoms with van der Waals surface area (Å²) < 4.78 is 78.1. The van der Waals surface area contributed by atoms with E-state index in [4.69, 9.17) is 5.53 Å². The fourth-order valence-corrected chi connectivity index (χ4v) is 3.23. The molecule has 0 aromatic heterocycles. The standard InChI is InChI=1S/C18H12F6N4O/c19-17(20,21)11-5-10(6-12(8-11)18(22,23)24)16(29)26-15-13-4-2-1-3-9(13)7-14(15)27-28-25/h1-6,8,14-15H,7H2,(H,26,29)/t14-,15-/m1/s1. The fourth-order valence-electron chi connectivity index (χ4n) is 3.23. The number of alkyl halides is 6. The number of halogens is 6. The SMILES string of the molecule is [N-]=[N+]=N[C@@H]1Cc2ccccc2[C@H]1NC(=O)c1cc(C(F)(F)F)cc(C(F)(F)F)c1. The minimum absolute atomic E-state index is 0.0512. The quantitative estimate of drug-likeness (QED) is 0.309. The molecule has 0 saturated carbocycles. The van der Waals surface area contributed by atoms with Gasteiger partial charge in [-0.2, -0.15) is 26.3 Å². The van der Waals surface area contributed by atoms with Crippen LogP contribution in [0.15, 0.2) is 47.6 Å². The lowest BCUT2D eigenvalue weighted by Crippen LogP contribution is -2.33. The Bertz CT molecular complexity index is 962. The lowest BCUT2D eigenvalue weighted by molar-refractivity contribution is -0.143. The first kappa shape index (κ1) is 20.5. The third-order valence-corrected chi connectivity index (χ3v) is 4.54. The molecule has 0 saturated heterocycles. The zero-order valence-corrected chi connectivity index (χ0v) is 14.4. The number of benzene rings is 2. The summed E-state index contributed by atoms with van der Waals surface area (Å²) in [6.07, 6.45) is -9.85. The number of carbonyl (C=O) groups excluding carboxylic acids is 1. The van der Waals surface area contributed by atoms with Crippen LogP contribution < -0.4 is 5.32 Å². The van der Waals surface area contributed by atoms with Crippen molar-refractivity contribution in [1.82, 2.24) is 5.32 Å². The molecule has 2 atom stereocenters. The molecule has 0 aliphatic heterocycles. The summed E-state index contributed by atoms with van der Waals surface area (Å²) in [6, 6.07) is 5.77. The maximum Gasteiger partial charge on any atom is 0.416 e. The monoisotopic (exact) mass is 414 g/mol. The Kier molecular flexibility index (Phi) is 5.18. The van der Waals surface area contributed by atoms with Crippen molar-refractivity contribution < 1.29 is 31.1 Å². The Morgan fingerprint density at radius 1 is 1.03 bits per heavy atom. The van der Waals surface area contributed by atoms with Crippen LogP contribution in [0.25, 0.3) is 10.4 Å². The molecule has 5 nitrogen and oxygen atoms in total. The number of nitrogens with one attached hydrogen (secondary N) is 1. The van der Waals surface area contributed by atoms with Crippen LogP contribution >= 0.6 is 0 Å². The first-order valence-electron chi connectivity index (χ1n) is 8.23. The summed E-state index contributed by atoms with van der Waals surface area (Å²) in [5.74, 6) is -1.14. The molecule has 2 aromatic rings. The molecule has 0 radical (unpaired) electrons. The highest BCUT2D eigenvalue weighted by molar-refractivity contribution is 5.95. The van der Waals surface area contributed by atoms with Crippen molar-refractivity contribution in [1.29, 1.82) is 0 Å². The van der Waals surface area contributed by atoms with Gasteiger partial charge in [0.25, 0.3) is 5.91 Å². The molecule has 11 heteroatoms. The van der Waals surface area contributed by atoms with Gasteiger partial charge in [0.15, 0.2) is 0 Å². The number of hydrogen-bond acceptors (Lipinski definition) is 2. The highest BCUT2D eigenvalue weighted by Gasteiger charge is 2.38. The number of nitrogens with zero attached hydrogens (tertiary/aromatic N) is 3. The number of hydrogen-bond donors (Lipinski definition) is 1. The van der Waals surface area contributed by atoms with E-state index in [1.807, 2.05) is 0 Å². The van der Waals surface area contributed by atoms with Gasteiger partial charge in [0.2, 0.25) is 0 Å². The zero-order valence-electron chi connectivity index (χ0n) is 14.4. The average molecular weight is 414 g/mol. The minimum atomic E-state index is -5.07. The Labute approximate surface area is 160 Å². The van der Waals surface area contributed by atoms with Crippen LogP contribution in [-0.2, 0) is 18.8 Å². The molecule has 2 aromatic carbocycles. The second-order valence-electron chi connectivity index (χ2n) is 6.42. The maximum absolute atomic E-state index is 13.0. The van der Waals surface area contributed by atoms with E-state index < -0.39 is 47.0 Å². The molecule has 3 rings (SSSR count). The largest absolute Gasteiger partial charge is 0.416 e. The van der Waals surface area contributed by atoms with Gasteiger partial charge < -0.3 is 5.32 Å². The van der Waals surface area contributed by atoms with Crippen LogP contribution in [-0.4, -0.2) is 11.9 Å². The van der Waals surface area contributed by atoms with Gasteiger partial charge in [-0.25, -0.2) is 0 Å². The first-order chi connectivity index (χ1) is 13.5. The second-order valence-corrected chi connectivity index (χ2v) is 6.42. The van der Waals surface area contributed by atoms with Gasteiger partial charge >= 0.3 is 12.4 Å². The molecular formula is C18H12F6N4O. The molecule has 0 fully saturated rings. The summed E-state index contributed by atoms with van der Waals surface area (Å²) in [6.45, 7) is 0. The highest BCUT2D eigenvalue weighted by Crippen LogP contribution is 2.37. The number of carbonyl (C=O) groups is 1. The van der Waals surface area contributed by atoms with Crippen molar-refractivity contribution in [2.45, 2.75) is 30.9 Å². The minimum Gasteiger partial charge on any atom is -0.345 e. The van der Waals surface area contributed by atoms with E-state index in [9.17, 15) is 31.1 Å². The van der Waals surface area contributed by atoms with Crippen molar-refractivity contribution in [2.24, 2.45) is 5.11 Å². The van der Waals surface area contributed by atoms with Crippen molar-refractivity contribution >= 4 is 5.91 Å². The van der Waals surface area contributed by atoms with Crippen molar-refractivity contribution in [3.63, 3.8) is 0 Å². The molecule has 0 heterocycles. The summed E-state index contributed by atoms with van der Waals surface area (Å²) in [7, 11) is 0. The van der Waals surface area contributed by atoms with Crippen LogP contribution in [0.2, 0.25) is 0 Å². The predicted molar refractivity (Wildman–Crippen MR) is 89.7 cm³/mol. The lowest BCUT2D eigenvalue weighted by atomic mass is 10.0. The Morgan fingerprint density at radius 3 is 2.17 bits per heavy atom. The van der Waals surface area contributed by atoms with E-state index in [2.05, 4.69) is 15.3 Å². The number of rotatable bonds is 3. The van der Waals surface area contributed by atoms with Crippen LogP contribution in [0, 0.1) is 0 Å². The smallest absolute Gasteiger partial charge is 0.345 e. The van der Waals surface area contributed by atoms with Gasteiger partial charge in [0.1, 0.15) is 0 Å². The van der Waals surface area contributed by atoms with Crippen molar-refractivity contribution in [2.75, 3.05) is 0 Å². The first-order valence-corrected chi connectivity index (χ1v) is 8.23. The van der Waals surface area contributed by atoms with E-state index in [1.165, 1.54) is 0 Å². The zero-order chi connectivity index (χ0) is 21.4. The summed E-state index contributed by atoms with van der Waals surface area (Å²) in [5.41, 5.74) is 6.10. The molecule has 1 aliphatic carbocycles. The third kappa shape index (κ3) is 4.29. The van der Waals surface area contributed by atoms with Crippen molar-refractivity contribution in [3.8, 4) is 0 Å². The fraction of sp³-hybridized carbons (Fsp3) is 0.278. The molecule has 29 heavy (non-hydrogen) atoms. The molecular weight excluding hydrogens is 402 g/mol. The van der Waals surface area contributed by atoms with Crippen LogP contribution in [0.1, 0.15) is 38.7 Å². The number of amides is 1. The second kappa shape index (κ2) is 7.32. The Morgan fingerprint density at radius 2 is 1.62 bits per heavy atom. The molecule has 0 bridgehead atoms. The van der Waals surface area contributed by atoms with E-state index in [1.54, 1.807) is 24.3 Å². The molecule has 1 aliphatic rings. The summed E-state index contributed by atoms with van der Waals surface area (Å²) >= 11 is 0. The van der Waals surface area contributed by atoms with Gasteiger partial charge in [0.05, 0.1) is 23.2 Å². The summed E-state index contributed by atoms with van der Waals surface area (Å²) in [5, 5.41) is 5.99. The van der Waals surface area contributed by atoms with Crippen LogP contribution in [0.3, 0.4) is 0 Å². The molecule has 152 valence electrons. The molecule has 0 spiro atoms. The van der Waals surface area contributed by atoms with Crippen molar-refractivity contribution in [3.05, 3.63) is 80.7 Å². The molecule has 1 amide bonds. The van der Waals surface area contributed by atoms with Gasteiger partial charge in [0, 0.05) is 10.5 Å². The molecule has 0 unspecified atom stereocenters. The summed E-state index contributed by atoms with van der Waals surface area (Å²) in [4.78, 5) is 15.2. The van der Waals surface area contributed by atoms with Crippen LogP contribution in [0.5, 0.6) is 0 Å². The number of fused-ring (bicyclic) bond motifs is 1. The van der Waals surface area contributed by atoms with E-state index >= 15 is 0 Å². The van der Waals surface area contributed by atoms with Gasteiger partial charge in [-0.05, 0) is 41.3 Å². The Hall–Kier alpha value is -3.20. The van der Waals surface area contributed by atoms with Gasteiger partial charge in [-0.15, -0.1) is 0 Å². The third-order valence-electron chi connectivity index (χ3n) is 4.54. The average Bonchev–Trinajstić information content (AvgIpc) is 2.97. The topological polar surface area (TPSA) is 77.9 Å². The van der Waals surface area contributed by atoms with E-state index in [0.29, 0.717) is 17.7 Å². The number of azide groups is 1. The maximum atomic E-state index is 13.0. The molecule has 1 N–H and O–H groups in total. The van der Waals surface area contributed by atoms with Gasteiger partial charge in [-0.1, -0.05) is 29.4 Å². The van der Waals surface area contributed by atoms with E-state index in [0.717, 1.165) is 5.56 Å². The highest BCUT2D eigenvalue weighted by atomic mass is 19.4. The van der Waals surface area contributed by atoms with Gasteiger partial charge in [-0.3, -0.25) is 4.79 Å². The van der Waals surface area contributed by atoms with E-state index in [-0.39, 0.29) is 12.5 Å². The van der Waals surface area contributed by atoms with Crippen LogP contribution in [0.4, 0.5) is 26.3 Å². The predicted octanol–water partition coefficient (Wildman–Crippen LogP) is 5.43. The lowest BCUT2D eigenvalue weighted by Gasteiger charge is -2.20.